The van der Waals surface area contributed by atoms with Crippen LogP contribution in [0.25, 0.3) is 0 Å². The Morgan fingerprint density at radius 3 is 0.619 bits per heavy atom. The van der Waals surface area contributed by atoms with E-state index in [1.165, 1.54) is 0 Å². The third-order valence-corrected chi connectivity index (χ3v) is 3.89. The molecule has 42 heavy (non-hydrogen) atoms. The molecule has 0 saturated heterocycles. The molecule has 0 bridgehead atoms. The molecule has 0 aromatic rings. The SMILES string of the molecule is N[C@@H](CCC(=O)O)C(=O)[O-].N[C@@H](CCC(=O)O)C(=O)[O-].N[C@@H](CCC(=O)O)C(=O)[O-].N[C@@H](CCC(=O)O)C(=O)[O-].[B].[Zr+4]. The van der Waals surface area contributed by atoms with E-state index in [1.54, 1.807) is 0 Å². The van der Waals surface area contributed by atoms with Crippen molar-refractivity contribution in [1.29, 1.82) is 0 Å². The van der Waals surface area contributed by atoms with E-state index < -0.39 is 71.9 Å². The van der Waals surface area contributed by atoms with Gasteiger partial charge in [0.1, 0.15) is 0 Å². The van der Waals surface area contributed by atoms with Gasteiger partial charge in [-0.15, -0.1) is 0 Å². The first-order chi connectivity index (χ1) is 18.1. The van der Waals surface area contributed by atoms with Crippen molar-refractivity contribution in [1.82, 2.24) is 0 Å². The Morgan fingerprint density at radius 1 is 0.429 bits per heavy atom. The van der Waals surface area contributed by atoms with Crippen molar-refractivity contribution in [2.75, 3.05) is 0 Å². The predicted molar refractivity (Wildman–Crippen MR) is 125 cm³/mol. The molecule has 0 amide bonds. The number of carbonyl (C=O) groups excluding carboxylic acids is 4. The fourth-order valence-corrected chi connectivity index (χ4v) is 1.59. The van der Waals surface area contributed by atoms with Crippen molar-refractivity contribution in [3.8, 4) is 0 Å². The molecule has 0 aromatic heterocycles. The quantitative estimate of drug-likeness (QED) is 0.0698. The zero-order chi connectivity index (χ0) is 32.6. The summed E-state index contributed by atoms with van der Waals surface area (Å²) in [5.41, 5.74) is 19.8. The second kappa shape index (κ2) is 30.5. The van der Waals surface area contributed by atoms with Gasteiger partial charge in [-0.25, -0.2) is 0 Å². The summed E-state index contributed by atoms with van der Waals surface area (Å²) in [6.07, 6.45) is -1.31. The minimum atomic E-state index is -1.42. The number of aliphatic carboxylic acids is 8. The molecular formula is C20H32BN4O16Zr. The van der Waals surface area contributed by atoms with Gasteiger partial charge < -0.3 is 83.0 Å². The summed E-state index contributed by atoms with van der Waals surface area (Å²) in [6, 6.07) is -4.68. The molecule has 0 rings (SSSR count). The normalized spacial score (nSPS) is 11.9. The summed E-state index contributed by atoms with van der Waals surface area (Å²) >= 11 is 0. The molecule has 12 N–H and O–H groups in total. The summed E-state index contributed by atoms with van der Waals surface area (Å²) in [7, 11) is 0. The molecule has 0 heterocycles. The third kappa shape index (κ3) is 43.6. The maximum atomic E-state index is 9.88. The minimum absolute atomic E-state index is 0. The van der Waals surface area contributed by atoms with E-state index in [4.69, 9.17) is 43.4 Å². The molecule has 0 saturated carbocycles. The van der Waals surface area contributed by atoms with Gasteiger partial charge in [0.2, 0.25) is 0 Å². The Morgan fingerprint density at radius 2 is 0.548 bits per heavy atom. The van der Waals surface area contributed by atoms with Crippen LogP contribution in [0.4, 0.5) is 0 Å². The molecule has 0 aliphatic rings. The van der Waals surface area contributed by atoms with Crippen LogP contribution in [0.15, 0.2) is 0 Å². The van der Waals surface area contributed by atoms with Crippen LogP contribution in [0.5, 0.6) is 0 Å². The number of carboxylic acid groups (broad SMARTS) is 8. The van der Waals surface area contributed by atoms with Crippen LogP contribution < -0.4 is 43.4 Å². The maximum absolute atomic E-state index is 9.88. The predicted octanol–water partition coefficient (Wildman–Crippen LogP) is -8.67. The molecule has 3 radical (unpaired) electrons. The number of rotatable bonds is 16. The van der Waals surface area contributed by atoms with E-state index >= 15 is 0 Å². The largest absolute Gasteiger partial charge is 4.00 e. The van der Waals surface area contributed by atoms with Crippen LogP contribution in [0.1, 0.15) is 51.4 Å². The van der Waals surface area contributed by atoms with Crippen molar-refractivity contribution in [3.05, 3.63) is 0 Å². The Hall–Kier alpha value is -3.45. The van der Waals surface area contributed by atoms with E-state index in [0.29, 0.717) is 0 Å². The molecule has 22 heteroatoms. The van der Waals surface area contributed by atoms with Gasteiger partial charge in [-0.2, -0.15) is 0 Å². The Kier molecular flexibility index (Phi) is 37.3. The van der Waals surface area contributed by atoms with Gasteiger partial charge in [-0.1, -0.05) is 0 Å². The smallest absolute Gasteiger partial charge is 0.548 e. The van der Waals surface area contributed by atoms with Crippen LogP contribution in [-0.2, 0) is 64.6 Å². The standard InChI is InChI=1S/4C5H9NO4.B.Zr/c4*6-3(5(9)10)1-2-4(7)8;;/h4*3H,1-2,6H2,(H,7,8)(H,9,10);;/q;;;;;+4/p-4/t4*3-;;/m0000../s1. The van der Waals surface area contributed by atoms with Gasteiger partial charge in [0.05, 0.1) is 23.9 Å². The minimum Gasteiger partial charge on any atom is -0.548 e. The molecule has 235 valence electrons. The summed E-state index contributed by atoms with van der Waals surface area (Å²) in [4.78, 5) is 79.0. The average molecular weight is 687 g/mol. The number of carbonyl (C=O) groups is 8. The van der Waals surface area contributed by atoms with E-state index in [0.717, 1.165) is 0 Å². The van der Waals surface area contributed by atoms with Crippen molar-refractivity contribution < 1.29 is 105 Å². The van der Waals surface area contributed by atoms with Crippen molar-refractivity contribution >= 4 is 56.2 Å². The molecule has 20 nitrogen and oxygen atoms in total. The number of carboxylic acids is 8. The topological polar surface area (TPSA) is 414 Å². The monoisotopic (exact) mass is 685 g/mol. The van der Waals surface area contributed by atoms with Crippen LogP contribution in [0.2, 0.25) is 0 Å². The first-order valence-corrected chi connectivity index (χ1v) is 10.9. The zero-order valence-electron chi connectivity index (χ0n) is 22.0. The summed E-state index contributed by atoms with van der Waals surface area (Å²) in [6.45, 7) is 0. The molecule has 0 spiro atoms. The second-order valence-corrected chi connectivity index (χ2v) is 7.43. The van der Waals surface area contributed by atoms with Gasteiger partial charge in [-0.3, -0.25) is 19.2 Å². The molecule has 0 unspecified atom stereocenters. The molecule has 0 fully saturated rings. The number of hydrogen-bond donors (Lipinski definition) is 8. The van der Waals surface area contributed by atoms with E-state index in [-0.39, 0.29) is 86.0 Å². The summed E-state index contributed by atoms with van der Waals surface area (Å²) < 4.78 is 0. The van der Waals surface area contributed by atoms with Gasteiger partial charge in [0, 0.05) is 58.3 Å². The van der Waals surface area contributed by atoms with E-state index in [9.17, 15) is 58.8 Å². The molecule has 4 atom stereocenters. The summed E-state index contributed by atoms with van der Waals surface area (Å²) in [5.74, 6) is -9.90. The van der Waals surface area contributed by atoms with E-state index in [1.807, 2.05) is 0 Å². The van der Waals surface area contributed by atoms with Gasteiger partial charge in [0.15, 0.2) is 0 Å². The molecular weight excluding hydrogens is 654 g/mol. The van der Waals surface area contributed by atoms with Gasteiger partial charge >= 0.3 is 50.1 Å². The van der Waals surface area contributed by atoms with Crippen LogP contribution in [-0.4, -0.2) is 101 Å². The molecule has 0 aliphatic heterocycles. The van der Waals surface area contributed by atoms with Crippen LogP contribution in [0, 0.1) is 0 Å². The Bertz CT molecular complexity index is 728. The average Bonchev–Trinajstić information content (AvgIpc) is 2.83. The first kappa shape index (κ1) is 51.3. The van der Waals surface area contributed by atoms with E-state index in [2.05, 4.69) is 0 Å². The summed E-state index contributed by atoms with van der Waals surface area (Å²) in [5, 5.41) is 71.8. The van der Waals surface area contributed by atoms with Crippen molar-refractivity contribution in [2.24, 2.45) is 22.9 Å². The van der Waals surface area contributed by atoms with Crippen LogP contribution in [0.3, 0.4) is 0 Å². The first-order valence-electron chi connectivity index (χ1n) is 10.9. The van der Waals surface area contributed by atoms with Crippen molar-refractivity contribution in [2.45, 2.75) is 75.5 Å². The van der Waals surface area contributed by atoms with Crippen LogP contribution >= 0.6 is 0 Å². The van der Waals surface area contributed by atoms with Gasteiger partial charge in [0.25, 0.3) is 0 Å². The fraction of sp³-hybridized carbons (Fsp3) is 0.600. The zero-order valence-corrected chi connectivity index (χ0v) is 24.5. The fourth-order valence-electron chi connectivity index (χ4n) is 1.59. The third-order valence-electron chi connectivity index (χ3n) is 3.89. The number of nitrogens with two attached hydrogens (primary N) is 4. The maximum Gasteiger partial charge on any atom is 4.00 e. The Balaban J connectivity index is -0.000000101. The second-order valence-electron chi connectivity index (χ2n) is 7.43. The molecule has 0 aromatic carbocycles. The number of hydrogen-bond acceptors (Lipinski definition) is 16. The van der Waals surface area contributed by atoms with Gasteiger partial charge in [-0.05, 0) is 25.7 Å². The van der Waals surface area contributed by atoms with Crippen molar-refractivity contribution in [3.63, 3.8) is 0 Å². The molecule has 0 aliphatic carbocycles. The Labute approximate surface area is 259 Å².